The minimum atomic E-state index is -0.882. The second kappa shape index (κ2) is 4.73. The van der Waals surface area contributed by atoms with Gasteiger partial charge in [-0.15, -0.1) is 0 Å². The largest absolute Gasteiger partial charge is 0.385 e. The lowest BCUT2D eigenvalue weighted by Crippen LogP contribution is -2.25. The van der Waals surface area contributed by atoms with Crippen molar-refractivity contribution < 1.29 is 9.50 Å². The number of aryl methyl sites for hydroxylation is 1. The molecule has 19 heavy (non-hydrogen) atoms. The summed E-state index contributed by atoms with van der Waals surface area (Å²) in [4.78, 5) is 0. The van der Waals surface area contributed by atoms with Gasteiger partial charge in [0.15, 0.2) is 0 Å². The Hall–Kier alpha value is -1.19. The molecule has 1 aliphatic rings. The Kier molecular flexibility index (Phi) is 3.19. The van der Waals surface area contributed by atoms with Crippen LogP contribution in [0.4, 0.5) is 4.39 Å². The Balaban J connectivity index is 1.97. The summed E-state index contributed by atoms with van der Waals surface area (Å²) in [5.74, 6) is -0.233. The van der Waals surface area contributed by atoms with E-state index in [0.717, 1.165) is 27.6 Å². The average Bonchev–Trinajstić information content (AvgIpc) is 2.70. The fourth-order valence-electron chi connectivity index (χ4n) is 2.84. The summed E-state index contributed by atoms with van der Waals surface area (Å²) in [5, 5.41) is 10.9. The summed E-state index contributed by atoms with van der Waals surface area (Å²) in [7, 11) is 0. The maximum absolute atomic E-state index is 13.2. The van der Waals surface area contributed by atoms with Crippen molar-refractivity contribution in [2.45, 2.75) is 24.9 Å². The molecule has 98 valence electrons. The zero-order valence-corrected chi connectivity index (χ0v) is 12.0. The molecule has 3 heteroatoms. The van der Waals surface area contributed by atoms with E-state index in [4.69, 9.17) is 0 Å². The fourth-order valence-corrected chi connectivity index (χ4v) is 3.26. The van der Waals surface area contributed by atoms with Gasteiger partial charge in [0.05, 0.1) is 5.60 Å². The number of benzene rings is 2. The van der Waals surface area contributed by atoms with E-state index in [2.05, 4.69) is 15.9 Å². The van der Waals surface area contributed by atoms with E-state index in [1.165, 1.54) is 12.1 Å². The van der Waals surface area contributed by atoms with Gasteiger partial charge >= 0.3 is 0 Å². The van der Waals surface area contributed by atoms with E-state index < -0.39 is 5.60 Å². The van der Waals surface area contributed by atoms with Gasteiger partial charge in [0.25, 0.3) is 0 Å². The molecular weight excluding hydrogens is 307 g/mol. The van der Waals surface area contributed by atoms with Crippen molar-refractivity contribution in [2.75, 3.05) is 0 Å². The molecule has 1 atom stereocenters. The summed E-state index contributed by atoms with van der Waals surface area (Å²) in [6, 6.07) is 12.6. The molecule has 0 amide bonds. The van der Waals surface area contributed by atoms with Crippen LogP contribution in [0.25, 0.3) is 0 Å². The highest BCUT2D eigenvalue weighted by Crippen LogP contribution is 2.40. The zero-order valence-electron chi connectivity index (χ0n) is 10.4. The summed E-state index contributed by atoms with van der Waals surface area (Å²) in [6.45, 7) is 0. The predicted octanol–water partition coefficient (Wildman–Crippen LogP) is 3.96. The predicted molar refractivity (Wildman–Crippen MR) is 76.5 cm³/mol. The van der Waals surface area contributed by atoms with Crippen molar-refractivity contribution in [2.24, 2.45) is 0 Å². The Morgan fingerprint density at radius 3 is 2.79 bits per heavy atom. The van der Waals surface area contributed by atoms with Crippen LogP contribution < -0.4 is 0 Å². The van der Waals surface area contributed by atoms with Gasteiger partial charge in [-0.1, -0.05) is 40.2 Å². The molecule has 1 aliphatic carbocycles. The van der Waals surface area contributed by atoms with Crippen LogP contribution in [0.5, 0.6) is 0 Å². The van der Waals surface area contributed by atoms with Crippen molar-refractivity contribution >= 4 is 15.9 Å². The zero-order chi connectivity index (χ0) is 13.5. The number of halogens is 2. The fraction of sp³-hybridized carbons (Fsp3) is 0.250. The van der Waals surface area contributed by atoms with E-state index in [9.17, 15) is 9.50 Å². The normalized spacial score (nSPS) is 21.4. The monoisotopic (exact) mass is 320 g/mol. The molecule has 0 saturated carbocycles. The molecule has 2 aromatic rings. The SMILES string of the molecule is OC1(Cc2ccccc2Br)CCc2cc(F)ccc21. The number of rotatable bonds is 2. The maximum atomic E-state index is 13.2. The lowest BCUT2D eigenvalue weighted by molar-refractivity contribution is 0.0388. The van der Waals surface area contributed by atoms with Gasteiger partial charge in [-0.25, -0.2) is 4.39 Å². The van der Waals surface area contributed by atoms with Crippen molar-refractivity contribution in [1.29, 1.82) is 0 Å². The maximum Gasteiger partial charge on any atom is 0.123 e. The average molecular weight is 321 g/mol. The summed E-state index contributed by atoms with van der Waals surface area (Å²) < 4.78 is 14.2. The van der Waals surface area contributed by atoms with Crippen molar-refractivity contribution in [3.05, 3.63) is 69.4 Å². The first-order valence-electron chi connectivity index (χ1n) is 6.33. The molecule has 0 bridgehead atoms. The third-order valence-electron chi connectivity index (χ3n) is 3.82. The summed E-state index contributed by atoms with van der Waals surface area (Å²) in [6.07, 6.45) is 1.92. The van der Waals surface area contributed by atoms with Crippen LogP contribution in [0.2, 0.25) is 0 Å². The van der Waals surface area contributed by atoms with Crippen LogP contribution in [-0.2, 0) is 18.4 Å². The molecule has 2 aromatic carbocycles. The van der Waals surface area contributed by atoms with Crippen LogP contribution in [0, 0.1) is 5.82 Å². The van der Waals surface area contributed by atoms with Gasteiger partial charge in [-0.2, -0.15) is 0 Å². The van der Waals surface area contributed by atoms with Gasteiger partial charge in [0, 0.05) is 10.9 Å². The van der Waals surface area contributed by atoms with E-state index in [-0.39, 0.29) is 5.82 Å². The highest BCUT2D eigenvalue weighted by Gasteiger charge is 2.37. The molecule has 3 rings (SSSR count). The molecule has 0 aromatic heterocycles. The second-order valence-electron chi connectivity index (χ2n) is 5.10. The van der Waals surface area contributed by atoms with Crippen LogP contribution in [0.1, 0.15) is 23.1 Å². The van der Waals surface area contributed by atoms with Gasteiger partial charge in [0.1, 0.15) is 5.82 Å². The van der Waals surface area contributed by atoms with Crippen LogP contribution in [0.3, 0.4) is 0 Å². The second-order valence-corrected chi connectivity index (χ2v) is 5.96. The van der Waals surface area contributed by atoms with Crippen molar-refractivity contribution in [3.63, 3.8) is 0 Å². The lowest BCUT2D eigenvalue weighted by Gasteiger charge is -2.24. The Bertz CT molecular complexity index is 626. The Labute approximate surface area is 120 Å². The topological polar surface area (TPSA) is 20.2 Å². The molecule has 1 nitrogen and oxygen atoms in total. The third kappa shape index (κ3) is 2.33. The summed E-state index contributed by atoms with van der Waals surface area (Å²) in [5.41, 5.74) is 1.98. The Morgan fingerprint density at radius 1 is 1.21 bits per heavy atom. The van der Waals surface area contributed by atoms with Crippen LogP contribution in [-0.4, -0.2) is 5.11 Å². The van der Waals surface area contributed by atoms with Crippen LogP contribution in [0.15, 0.2) is 46.9 Å². The van der Waals surface area contributed by atoms with E-state index in [1.54, 1.807) is 6.07 Å². The van der Waals surface area contributed by atoms with Gasteiger partial charge < -0.3 is 5.11 Å². The molecule has 0 radical (unpaired) electrons. The molecular formula is C16H14BrFO. The molecule has 1 N–H and O–H groups in total. The first kappa shape index (κ1) is 12.8. The molecule has 0 heterocycles. The van der Waals surface area contributed by atoms with Gasteiger partial charge in [-0.05, 0) is 47.7 Å². The molecule has 0 aliphatic heterocycles. The molecule has 0 fully saturated rings. The number of aliphatic hydroxyl groups is 1. The van der Waals surface area contributed by atoms with E-state index in [1.807, 2.05) is 24.3 Å². The number of hydrogen-bond acceptors (Lipinski definition) is 1. The first-order chi connectivity index (χ1) is 9.08. The quantitative estimate of drug-likeness (QED) is 0.887. The standard InChI is InChI=1S/C16H14BrFO/c17-15-4-2-1-3-12(15)10-16(19)8-7-11-9-13(18)5-6-14(11)16/h1-6,9,19H,7-8,10H2. The van der Waals surface area contributed by atoms with E-state index in [0.29, 0.717) is 12.8 Å². The molecule has 0 spiro atoms. The lowest BCUT2D eigenvalue weighted by atomic mass is 9.89. The minimum absolute atomic E-state index is 0.233. The van der Waals surface area contributed by atoms with Gasteiger partial charge in [0.2, 0.25) is 0 Å². The Morgan fingerprint density at radius 2 is 2.00 bits per heavy atom. The van der Waals surface area contributed by atoms with Crippen molar-refractivity contribution in [1.82, 2.24) is 0 Å². The highest BCUT2D eigenvalue weighted by atomic mass is 79.9. The van der Waals surface area contributed by atoms with E-state index >= 15 is 0 Å². The first-order valence-corrected chi connectivity index (χ1v) is 7.12. The summed E-state index contributed by atoms with van der Waals surface area (Å²) >= 11 is 3.51. The molecule has 1 unspecified atom stereocenters. The number of hydrogen-bond donors (Lipinski definition) is 1. The van der Waals surface area contributed by atoms with Crippen LogP contribution >= 0.6 is 15.9 Å². The smallest absolute Gasteiger partial charge is 0.123 e. The van der Waals surface area contributed by atoms with Gasteiger partial charge in [-0.3, -0.25) is 0 Å². The third-order valence-corrected chi connectivity index (χ3v) is 4.59. The minimum Gasteiger partial charge on any atom is -0.385 e. The number of fused-ring (bicyclic) bond motifs is 1. The highest BCUT2D eigenvalue weighted by molar-refractivity contribution is 9.10. The van der Waals surface area contributed by atoms with Crippen molar-refractivity contribution in [3.8, 4) is 0 Å². The molecule has 0 saturated heterocycles.